The van der Waals surface area contributed by atoms with Gasteiger partial charge in [-0.15, -0.1) is 0 Å². The van der Waals surface area contributed by atoms with E-state index in [0.29, 0.717) is 28.4 Å². The molecule has 0 spiro atoms. The number of anilines is 2. The van der Waals surface area contributed by atoms with Crippen LogP contribution in [0.15, 0.2) is 59.5 Å². The predicted octanol–water partition coefficient (Wildman–Crippen LogP) is 4.52. The van der Waals surface area contributed by atoms with Crippen molar-refractivity contribution in [2.24, 2.45) is 0 Å². The molecule has 1 aromatic heterocycles. The molecule has 3 amide bonds. The molecule has 0 fully saturated rings. The summed E-state index contributed by atoms with van der Waals surface area (Å²) in [6.07, 6.45) is 1.92. The zero-order valence-electron chi connectivity index (χ0n) is 18.1. The number of amides is 3. The zero-order chi connectivity index (χ0) is 23.6. The van der Waals surface area contributed by atoms with Crippen LogP contribution < -0.4 is 20.7 Å². The van der Waals surface area contributed by atoms with Crippen molar-refractivity contribution in [3.05, 3.63) is 60.6 Å². The van der Waals surface area contributed by atoms with Gasteiger partial charge in [-0.05, 0) is 36.8 Å². The molecule has 3 rings (SSSR count). The quantitative estimate of drug-likeness (QED) is 0.459. The molecule has 0 aliphatic carbocycles. The van der Waals surface area contributed by atoms with Crippen molar-refractivity contribution < 1.29 is 23.5 Å². The molecule has 10 nitrogen and oxygen atoms in total. The van der Waals surface area contributed by atoms with Crippen LogP contribution in [0.3, 0.4) is 0 Å². The number of rotatable bonds is 8. The number of methoxy groups -OCH3 is 1. The van der Waals surface area contributed by atoms with E-state index < -0.39 is 18.2 Å². The lowest BCUT2D eigenvalue weighted by Gasteiger charge is -2.13. The molecule has 2 aromatic carbocycles. The third-order valence-corrected chi connectivity index (χ3v) is 4.47. The van der Waals surface area contributed by atoms with Crippen LogP contribution in [-0.4, -0.2) is 30.3 Å². The average molecular weight is 449 g/mol. The molecule has 33 heavy (non-hydrogen) atoms. The molecule has 0 saturated heterocycles. The van der Waals surface area contributed by atoms with Gasteiger partial charge in [0.05, 0.1) is 31.4 Å². The van der Waals surface area contributed by atoms with Crippen molar-refractivity contribution in [1.82, 2.24) is 10.3 Å². The van der Waals surface area contributed by atoms with Gasteiger partial charge in [0.25, 0.3) is 0 Å². The minimum absolute atomic E-state index is 0.122. The molecule has 0 bridgehead atoms. The van der Waals surface area contributed by atoms with Crippen LogP contribution in [0.4, 0.5) is 21.0 Å². The Balaban J connectivity index is 1.56. The van der Waals surface area contributed by atoms with E-state index in [9.17, 15) is 9.59 Å². The highest BCUT2D eigenvalue weighted by Gasteiger charge is 2.12. The molecule has 3 N–H and O–H groups in total. The zero-order valence-corrected chi connectivity index (χ0v) is 18.1. The molecule has 0 saturated carbocycles. The summed E-state index contributed by atoms with van der Waals surface area (Å²) in [5.74, 6) is 1.07. The van der Waals surface area contributed by atoms with E-state index >= 15 is 0 Å². The normalized spacial score (nSPS) is 11.1. The summed E-state index contributed by atoms with van der Waals surface area (Å²) in [4.78, 5) is 28.1. The minimum Gasteiger partial charge on any atom is -0.496 e. The van der Waals surface area contributed by atoms with Crippen molar-refractivity contribution in [3.8, 4) is 23.1 Å². The fraction of sp³-hybridized carbons (Fsp3) is 0.217. The molecule has 1 unspecified atom stereocenters. The number of hydrogen-bond acceptors (Lipinski definition) is 7. The first-order chi connectivity index (χ1) is 16.0. The highest BCUT2D eigenvalue weighted by atomic mass is 16.6. The number of nitriles is 1. The van der Waals surface area contributed by atoms with Gasteiger partial charge in [0.2, 0.25) is 0 Å². The number of aromatic nitrogens is 1. The first kappa shape index (κ1) is 23.1. The predicted molar refractivity (Wildman–Crippen MR) is 121 cm³/mol. The number of carbonyl (C=O) groups is 2. The van der Waals surface area contributed by atoms with E-state index in [4.69, 9.17) is 19.2 Å². The standard InChI is InChI=1S/C23H23N5O5/c1-15(8-9-24)33-23(30)26-12-16-4-3-5-17(10-16)27-22(29)28-18-6-7-19(20(11-18)31-2)21-13-25-14-32-21/h3-7,10-11,13-15H,8,12H2,1-2H3,(H,26,30)(H2,27,28,29). The van der Waals surface area contributed by atoms with Crippen LogP contribution >= 0.6 is 0 Å². The Morgan fingerprint density at radius 3 is 2.67 bits per heavy atom. The van der Waals surface area contributed by atoms with E-state index in [1.165, 1.54) is 13.5 Å². The first-order valence-electron chi connectivity index (χ1n) is 10.0. The smallest absolute Gasteiger partial charge is 0.407 e. The maximum atomic E-state index is 12.4. The number of carbonyl (C=O) groups excluding carboxylic acids is 2. The second-order valence-electron chi connectivity index (χ2n) is 6.99. The lowest BCUT2D eigenvalue weighted by Crippen LogP contribution is -2.27. The molecule has 10 heteroatoms. The molecule has 1 heterocycles. The Kier molecular flexibility index (Phi) is 7.86. The highest BCUT2D eigenvalue weighted by Crippen LogP contribution is 2.32. The fourth-order valence-electron chi connectivity index (χ4n) is 2.94. The summed E-state index contributed by atoms with van der Waals surface area (Å²) in [5.41, 5.74) is 2.54. The molecule has 3 aromatic rings. The van der Waals surface area contributed by atoms with Gasteiger partial charge in [-0.3, -0.25) is 0 Å². The molecule has 0 aliphatic rings. The third-order valence-electron chi connectivity index (χ3n) is 4.47. The lowest BCUT2D eigenvalue weighted by atomic mass is 10.1. The van der Waals surface area contributed by atoms with Crippen molar-refractivity contribution in [3.63, 3.8) is 0 Å². The highest BCUT2D eigenvalue weighted by molar-refractivity contribution is 6.00. The van der Waals surface area contributed by atoms with Gasteiger partial charge in [0.1, 0.15) is 11.9 Å². The van der Waals surface area contributed by atoms with Crippen LogP contribution in [0.5, 0.6) is 5.75 Å². The number of urea groups is 1. The van der Waals surface area contributed by atoms with E-state index in [2.05, 4.69) is 20.9 Å². The van der Waals surface area contributed by atoms with Crippen molar-refractivity contribution in [1.29, 1.82) is 5.26 Å². The number of nitrogens with zero attached hydrogens (tertiary/aromatic N) is 2. The van der Waals surface area contributed by atoms with Gasteiger partial charge in [0.15, 0.2) is 12.2 Å². The second-order valence-corrected chi connectivity index (χ2v) is 6.99. The van der Waals surface area contributed by atoms with Crippen molar-refractivity contribution in [2.45, 2.75) is 26.0 Å². The Morgan fingerprint density at radius 2 is 1.97 bits per heavy atom. The molecular weight excluding hydrogens is 426 g/mol. The number of ether oxygens (including phenoxy) is 2. The van der Waals surface area contributed by atoms with Crippen molar-refractivity contribution in [2.75, 3.05) is 17.7 Å². The van der Waals surface area contributed by atoms with Crippen molar-refractivity contribution >= 4 is 23.5 Å². The van der Waals surface area contributed by atoms with E-state index in [1.54, 1.807) is 55.6 Å². The van der Waals surface area contributed by atoms with Crippen LogP contribution in [0.1, 0.15) is 18.9 Å². The first-order valence-corrected chi connectivity index (χ1v) is 10.0. The Hall–Kier alpha value is -4.52. The van der Waals surface area contributed by atoms with Gasteiger partial charge < -0.3 is 29.8 Å². The minimum atomic E-state index is -0.614. The number of hydrogen-bond donors (Lipinski definition) is 3. The molecular formula is C23H23N5O5. The SMILES string of the molecule is COc1cc(NC(=O)Nc2cccc(CNC(=O)OC(C)CC#N)c2)ccc1-c1cnco1. The number of alkyl carbamates (subject to hydrolysis) is 1. The van der Waals surface area contributed by atoms with Gasteiger partial charge in [-0.2, -0.15) is 5.26 Å². The maximum Gasteiger partial charge on any atom is 0.407 e. The number of benzene rings is 2. The van der Waals surface area contributed by atoms with Gasteiger partial charge in [0, 0.05) is 24.0 Å². The second kappa shape index (κ2) is 11.2. The molecule has 1 atom stereocenters. The Bertz CT molecular complexity index is 1140. The van der Waals surface area contributed by atoms with Crippen LogP contribution in [0, 0.1) is 11.3 Å². The molecule has 0 radical (unpaired) electrons. The monoisotopic (exact) mass is 449 g/mol. The number of oxazole rings is 1. The van der Waals surface area contributed by atoms with Gasteiger partial charge >= 0.3 is 12.1 Å². The summed E-state index contributed by atoms with van der Waals surface area (Å²) >= 11 is 0. The van der Waals surface area contributed by atoms with E-state index in [1.807, 2.05) is 6.07 Å². The summed E-state index contributed by atoms with van der Waals surface area (Å²) in [7, 11) is 1.53. The molecule has 0 aliphatic heterocycles. The summed E-state index contributed by atoms with van der Waals surface area (Å²) < 4.78 is 15.7. The van der Waals surface area contributed by atoms with Crippen LogP contribution in [0.25, 0.3) is 11.3 Å². The van der Waals surface area contributed by atoms with Crippen LogP contribution in [0.2, 0.25) is 0 Å². The Morgan fingerprint density at radius 1 is 1.18 bits per heavy atom. The third kappa shape index (κ3) is 6.73. The van der Waals surface area contributed by atoms with E-state index in [-0.39, 0.29) is 13.0 Å². The summed E-state index contributed by atoms with van der Waals surface area (Å²) in [6.45, 7) is 1.85. The summed E-state index contributed by atoms with van der Waals surface area (Å²) in [5, 5.41) is 16.7. The largest absolute Gasteiger partial charge is 0.496 e. The fourth-order valence-corrected chi connectivity index (χ4v) is 2.94. The van der Waals surface area contributed by atoms with Crippen LogP contribution in [-0.2, 0) is 11.3 Å². The Labute approximate surface area is 190 Å². The summed E-state index contributed by atoms with van der Waals surface area (Å²) in [6, 6.07) is 13.7. The lowest BCUT2D eigenvalue weighted by molar-refractivity contribution is 0.108. The van der Waals surface area contributed by atoms with E-state index in [0.717, 1.165) is 5.56 Å². The maximum absolute atomic E-state index is 12.4. The number of nitrogens with one attached hydrogen (secondary N) is 3. The van der Waals surface area contributed by atoms with Gasteiger partial charge in [-0.25, -0.2) is 14.6 Å². The molecule has 170 valence electrons. The topological polar surface area (TPSA) is 139 Å². The average Bonchev–Trinajstić information content (AvgIpc) is 3.32. The van der Waals surface area contributed by atoms with Gasteiger partial charge in [-0.1, -0.05) is 12.1 Å².